The summed E-state index contributed by atoms with van der Waals surface area (Å²) in [5.74, 6) is 1.26. The SMILES string of the molecule is CNc1nc(Cc2ccc(F)cc2)nc(C(C)(C)C)c1Br. The molecule has 2 aromatic rings. The molecule has 0 aliphatic carbocycles. The van der Waals surface area contributed by atoms with Crippen molar-refractivity contribution in [2.45, 2.75) is 32.6 Å². The van der Waals surface area contributed by atoms with Crippen molar-refractivity contribution in [2.24, 2.45) is 0 Å². The van der Waals surface area contributed by atoms with Crippen LogP contribution in [0, 0.1) is 5.82 Å². The number of halogens is 2. The number of anilines is 1. The van der Waals surface area contributed by atoms with E-state index in [4.69, 9.17) is 0 Å². The Labute approximate surface area is 133 Å². The molecule has 112 valence electrons. The zero-order valence-corrected chi connectivity index (χ0v) is 14.3. The molecular weight excluding hydrogens is 333 g/mol. The number of benzene rings is 1. The van der Waals surface area contributed by atoms with Gasteiger partial charge in [0.2, 0.25) is 0 Å². The molecule has 0 aliphatic rings. The van der Waals surface area contributed by atoms with Crippen molar-refractivity contribution in [3.63, 3.8) is 0 Å². The highest BCUT2D eigenvalue weighted by Gasteiger charge is 2.22. The lowest BCUT2D eigenvalue weighted by Gasteiger charge is -2.21. The van der Waals surface area contributed by atoms with Crippen LogP contribution in [0.4, 0.5) is 10.2 Å². The maximum Gasteiger partial charge on any atom is 0.144 e. The van der Waals surface area contributed by atoms with E-state index in [0.717, 1.165) is 27.4 Å². The summed E-state index contributed by atoms with van der Waals surface area (Å²) in [6, 6.07) is 6.43. The van der Waals surface area contributed by atoms with Gasteiger partial charge in [-0.25, -0.2) is 14.4 Å². The molecule has 0 unspecified atom stereocenters. The molecule has 0 aliphatic heterocycles. The molecular formula is C16H19BrFN3. The summed E-state index contributed by atoms with van der Waals surface area (Å²) < 4.78 is 13.9. The second-order valence-electron chi connectivity index (χ2n) is 5.95. The fourth-order valence-electron chi connectivity index (χ4n) is 2.02. The molecule has 0 bridgehead atoms. The van der Waals surface area contributed by atoms with Crippen molar-refractivity contribution >= 4 is 21.7 Å². The molecule has 1 aromatic carbocycles. The number of aromatic nitrogens is 2. The van der Waals surface area contributed by atoms with E-state index < -0.39 is 0 Å². The maximum atomic E-state index is 13.0. The molecule has 0 spiro atoms. The van der Waals surface area contributed by atoms with Gasteiger partial charge in [0.15, 0.2) is 0 Å². The highest BCUT2D eigenvalue weighted by Crippen LogP contribution is 2.32. The van der Waals surface area contributed by atoms with E-state index in [0.29, 0.717) is 6.42 Å². The summed E-state index contributed by atoms with van der Waals surface area (Å²) >= 11 is 3.57. The second-order valence-corrected chi connectivity index (χ2v) is 6.75. The Hall–Kier alpha value is -1.49. The summed E-state index contributed by atoms with van der Waals surface area (Å²) in [6.45, 7) is 6.34. The number of hydrogen-bond donors (Lipinski definition) is 1. The number of nitrogens with zero attached hydrogens (tertiary/aromatic N) is 2. The Morgan fingerprint density at radius 2 is 1.76 bits per heavy atom. The molecule has 5 heteroatoms. The molecule has 0 amide bonds. The minimum atomic E-state index is -0.234. The van der Waals surface area contributed by atoms with E-state index in [2.05, 4.69) is 52.0 Å². The van der Waals surface area contributed by atoms with E-state index in [-0.39, 0.29) is 11.2 Å². The van der Waals surface area contributed by atoms with Crippen LogP contribution in [0.1, 0.15) is 37.9 Å². The number of rotatable bonds is 3. The fourth-order valence-corrected chi connectivity index (χ4v) is 2.99. The first-order valence-electron chi connectivity index (χ1n) is 6.80. The lowest BCUT2D eigenvalue weighted by Crippen LogP contribution is -2.18. The molecule has 3 nitrogen and oxygen atoms in total. The number of hydrogen-bond acceptors (Lipinski definition) is 3. The Morgan fingerprint density at radius 3 is 2.29 bits per heavy atom. The third-order valence-corrected chi connectivity index (χ3v) is 3.87. The van der Waals surface area contributed by atoms with Crippen LogP contribution in [0.3, 0.4) is 0 Å². The van der Waals surface area contributed by atoms with Gasteiger partial charge in [0, 0.05) is 18.9 Å². The zero-order valence-electron chi connectivity index (χ0n) is 12.7. The van der Waals surface area contributed by atoms with Gasteiger partial charge in [-0.05, 0) is 33.6 Å². The van der Waals surface area contributed by atoms with Gasteiger partial charge in [-0.3, -0.25) is 0 Å². The Balaban J connectivity index is 2.42. The quantitative estimate of drug-likeness (QED) is 0.895. The van der Waals surface area contributed by atoms with Gasteiger partial charge in [-0.2, -0.15) is 0 Å². The topological polar surface area (TPSA) is 37.8 Å². The first-order chi connectivity index (χ1) is 9.81. The molecule has 0 saturated carbocycles. The first kappa shape index (κ1) is 15.9. The van der Waals surface area contributed by atoms with Crippen molar-refractivity contribution < 1.29 is 4.39 Å². The van der Waals surface area contributed by atoms with Crippen LogP contribution in [0.15, 0.2) is 28.7 Å². The molecule has 0 saturated heterocycles. The van der Waals surface area contributed by atoms with Crippen LogP contribution >= 0.6 is 15.9 Å². The van der Waals surface area contributed by atoms with Gasteiger partial charge >= 0.3 is 0 Å². The van der Waals surface area contributed by atoms with E-state index >= 15 is 0 Å². The van der Waals surface area contributed by atoms with E-state index in [1.165, 1.54) is 12.1 Å². The lowest BCUT2D eigenvalue weighted by atomic mass is 9.91. The molecule has 0 fully saturated rings. The smallest absolute Gasteiger partial charge is 0.144 e. The van der Waals surface area contributed by atoms with Gasteiger partial charge in [0.25, 0.3) is 0 Å². The van der Waals surface area contributed by atoms with Gasteiger partial charge in [-0.1, -0.05) is 32.9 Å². The third kappa shape index (κ3) is 3.79. The Bertz CT molecular complexity index is 633. The van der Waals surface area contributed by atoms with E-state index in [1.807, 2.05) is 7.05 Å². The van der Waals surface area contributed by atoms with Crippen molar-refractivity contribution in [2.75, 3.05) is 12.4 Å². The normalized spacial score (nSPS) is 11.5. The van der Waals surface area contributed by atoms with Gasteiger partial charge in [-0.15, -0.1) is 0 Å². The predicted octanol–water partition coefficient (Wildman–Crippen LogP) is 4.31. The lowest BCUT2D eigenvalue weighted by molar-refractivity contribution is 0.559. The average Bonchev–Trinajstić information content (AvgIpc) is 2.42. The molecule has 1 N–H and O–H groups in total. The van der Waals surface area contributed by atoms with Gasteiger partial charge in [0.1, 0.15) is 17.5 Å². The van der Waals surface area contributed by atoms with Crippen molar-refractivity contribution in [3.05, 3.63) is 51.6 Å². The maximum absolute atomic E-state index is 13.0. The summed E-state index contributed by atoms with van der Waals surface area (Å²) in [5.41, 5.74) is 1.85. The monoisotopic (exact) mass is 351 g/mol. The van der Waals surface area contributed by atoms with Crippen LogP contribution in [-0.2, 0) is 11.8 Å². The highest BCUT2D eigenvalue weighted by atomic mass is 79.9. The predicted molar refractivity (Wildman–Crippen MR) is 87.2 cm³/mol. The standard InChI is InChI=1S/C16H19BrFN3/c1-16(2,3)14-13(17)15(19-4)21-12(20-14)9-10-5-7-11(18)8-6-10/h5-8H,9H2,1-4H3,(H,19,20,21). The third-order valence-electron chi connectivity index (χ3n) is 3.12. The average molecular weight is 352 g/mol. The molecule has 21 heavy (non-hydrogen) atoms. The van der Waals surface area contributed by atoms with Crippen molar-refractivity contribution in [1.82, 2.24) is 9.97 Å². The van der Waals surface area contributed by atoms with Crippen LogP contribution in [0.5, 0.6) is 0 Å². The summed E-state index contributed by atoms with van der Waals surface area (Å²) in [4.78, 5) is 9.20. The van der Waals surface area contributed by atoms with Gasteiger partial charge < -0.3 is 5.32 Å². The Kier molecular flexibility index (Phi) is 4.61. The molecule has 1 aromatic heterocycles. The van der Waals surface area contributed by atoms with E-state index in [9.17, 15) is 4.39 Å². The molecule has 1 heterocycles. The van der Waals surface area contributed by atoms with Gasteiger partial charge in [0.05, 0.1) is 10.2 Å². The minimum absolute atomic E-state index is 0.0923. The second kappa shape index (κ2) is 6.10. The van der Waals surface area contributed by atoms with Crippen LogP contribution in [-0.4, -0.2) is 17.0 Å². The van der Waals surface area contributed by atoms with Crippen LogP contribution in [0.2, 0.25) is 0 Å². The fraction of sp³-hybridized carbons (Fsp3) is 0.375. The van der Waals surface area contributed by atoms with Crippen molar-refractivity contribution in [3.8, 4) is 0 Å². The largest absolute Gasteiger partial charge is 0.372 e. The van der Waals surface area contributed by atoms with Crippen LogP contribution < -0.4 is 5.32 Å². The Morgan fingerprint density at radius 1 is 1.14 bits per heavy atom. The molecule has 2 rings (SSSR count). The molecule has 0 atom stereocenters. The summed E-state index contributed by atoms with van der Waals surface area (Å²) in [7, 11) is 1.83. The first-order valence-corrected chi connectivity index (χ1v) is 7.59. The number of nitrogens with one attached hydrogen (secondary N) is 1. The molecule has 0 radical (unpaired) electrons. The minimum Gasteiger partial charge on any atom is -0.372 e. The summed E-state index contributed by atoms with van der Waals surface area (Å²) in [5, 5.41) is 3.09. The zero-order chi connectivity index (χ0) is 15.6. The highest BCUT2D eigenvalue weighted by molar-refractivity contribution is 9.10. The van der Waals surface area contributed by atoms with Crippen LogP contribution in [0.25, 0.3) is 0 Å². The van der Waals surface area contributed by atoms with Crippen molar-refractivity contribution in [1.29, 1.82) is 0 Å². The summed E-state index contributed by atoms with van der Waals surface area (Å²) in [6.07, 6.45) is 0.575. The van der Waals surface area contributed by atoms with E-state index in [1.54, 1.807) is 12.1 Å².